The van der Waals surface area contributed by atoms with Gasteiger partial charge in [-0.25, -0.2) is 0 Å². The van der Waals surface area contributed by atoms with E-state index in [1.54, 1.807) is 0 Å². The molecular formula is C18H28N2O. The van der Waals surface area contributed by atoms with Crippen molar-refractivity contribution < 1.29 is 4.74 Å². The van der Waals surface area contributed by atoms with Crippen molar-refractivity contribution in [1.29, 1.82) is 0 Å². The molecule has 0 bridgehead atoms. The van der Waals surface area contributed by atoms with Crippen LogP contribution < -0.4 is 5.32 Å². The van der Waals surface area contributed by atoms with Crippen LogP contribution in [0.15, 0.2) is 42.5 Å². The number of hydrogen-bond acceptors (Lipinski definition) is 3. The highest BCUT2D eigenvalue weighted by Gasteiger charge is 2.32. The highest BCUT2D eigenvalue weighted by Crippen LogP contribution is 2.26. The van der Waals surface area contributed by atoms with E-state index < -0.39 is 0 Å². The maximum Gasteiger partial charge on any atom is 0.0672 e. The molecule has 1 saturated heterocycles. The van der Waals surface area contributed by atoms with Gasteiger partial charge >= 0.3 is 0 Å². The molecule has 116 valence electrons. The molecule has 1 heterocycles. The predicted molar refractivity (Wildman–Crippen MR) is 88.5 cm³/mol. The third kappa shape index (κ3) is 4.95. The maximum absolute atomic E-state index is 5.69. The molecule has 0 saturated carbocycles. The normalized spacial score (nSPS) is 22.1. The Kier molecular flexibility index (Phi) is 5.57. The average Bonchev–Trinajstić information content (AvgIpc) is 2.44. The van der Waals surface area contributed by atoms with Gasteiger partial charge in [-0.2, -0.15) is 0 Å². The molecule has 1 aliphatic heterocycles. The van der Waals surface area contributed by atoms with Gasteiger partial charge in [0.2, 0.25) is 0 Å². The van der Waals surface area contributed by atoms with E-state index >= 15 is 0 Å². The lowest BCUT2D eigenvalue weighted by Gasteiger charge is -2.44. The molecule has 1 aromatic carbocycles. The molecule has 0 amide bonds. The summed E-state index contributed by atoms with van der Waals surface area (Å²) in [4.78, 5) is 2.53. The number of nitrogens with zero attached hydrogens (tertiary/aromatic N) is 1. The molecule has 1 aromatic rings. The van der Waals surface area contributed by atoms with Crippen LogP contribution in [0.25, 0.3) is 0 Å². The van der Waals surface area contributed by atoms with Gasteiger partial charge in [-0.1, -0.05) is 42.5 Å². The molecule has 1 N–H and O–H groups in total. The van der Waals surface area contributed by atoms with E-state index in [-0.39, 0.29) is 5.54 Å². The van der Waals surface area contributed by atoms with E-state index in [9.17, 15) is 0 Å². The average molecular weight is 288 g/mol. The first-order chi connectivity index (χ1) is 9.98. The quantitative estimate of drug-likeness (QED) is 0.643. The van der Waals surface area contributed by atoms with Crippen molar-refractivity contribution in [2.24, 2.45) is 0 Å². The molecule has 0 aliphatic carbocycles. The first-order valence-corrected chi connectivity index (χ1v) is 7.74. The third-order valence-electron chi connectivity index (χ3n) is 3.87. The summed E-state index contributed by atoms with van der Waals surface area (Å²) in [5.74, 6) is 0. The van der Waals surface area contributed by atoms with Gasteiger partial charge in [0.15, 0.2) is 0 Å². The zero-order valence-electron chi connectivity index (χ0n) is 13.6. The molecule has 1 atom stereocenters. The Hall–Kier alpha value is -1.16. The Labute approximate surface area is 129 Å². The van der Waals surface area contributed by atoms with E-state index in [0.717, 1.165) is 31.8 Å². The minimum Gasteiger partial charge on any atom is -0.376 e. The first-order valence-electron chi connectivity index (χ1n) is 7.74. The fourth-order valence-corrected chi connectivity index (χ4v) is 2.84. The summed E-state index contributed by atoms with van der Waals surface area (Å²) in [7, 11) is 0. The fraction of sp³-hybridized carbons (Fsp3) is 0.556. The summed E-state index contributed by atoms with van der Waals surface area (Å²) in [6, 6.07) is 11.2. The SMILES string of the molecule is C=C(C)COCCN1CC(C)(C)NCC1c1ccccc1. The Bertz CT molecular complexity index is 456. The maximum atomic E-state index is 5.69. The van der Waals surface area contributed by atoms with Crippen molar-refractivity contribution in [3.8, 4) is 0 Å². The highest BCUT2D eigenvalue weighted by molar-refractivity contribution is 5.20. The molecule has 1 fully saturated rings. The zero-order chi connectivity index (χ0) is 15.3. The summed E-state index contributed by atoms with van der Waals surface area (Å²) in [5, 5.41) is 3.65. The summed E-state index contributed by atoms with van der Waals surface area (Å²) < 4.78 is 5.69. The van der Waals surface area contributed by atoms with Crippen LogP contribution in [0.2, 0.25) is 0 Å². The number of piperazine rings is 1. The fourth-order valence-electron chi connectivity index (χ4n) is 2.84. The molecule has 3 nitrogen and oxygen atoms in total. The second-order valence-electron chi connectivity index (χ2n) is 6.67. The van der Waals surface area contributed by atoms with Crippen LogP contribution in [-0.2, 0) is 4.74 Å². The summed E-state index contributed by atoms with van der Waals surface area (Å²) in [5.41, 5.74) is 2.61. The van der Waals surface area contributed by atoms with Gasteiger partial charge in [0, 0.05) is 31.2 Å². The second kappa shape index (κ2) is 7.21. The van der Waals surface area contributed by atoms with Crippen molar-refractivity contribution >= 4 is 0 Å². The van der Waals surface area contributed by atoms with E-state index in [1.807, 2.05) is 6.92 Å². The Morgan fingerprint density at radius 3 is 2.76 bits per heavy atom. The van der Waals surface area contributed by atoms with Crippen LogP contribution in [0.1, 0.15) is 32.4 Å². The molecule has 0 aromatic heterocycles. The number of nitrogens with one attached hydrogen (secondary N) is 1. The van der Waals surface area contributed by atoms with Crippen molar-refractivity contribution in [3.05, 3.63) is 48.0 Å². The van der Waals surface area contributed by atoms with E-state index in [0.29, 0.717) is 12.6 Å². The van der Waals surface area contributed by atoms with Gasteiger partial charge in [0.05, 0.1) is 13.2 Å². The molecule has 2 rings (SSSR count). The smallest absolute Gasteiger partial charge is 0.0672 e. The van der Waals surface area contributed by atoms with Crippen LogP contribution in [0.3, 0.4) is 0 Å². The van der Waals surface area contributed by atoms with E-state index in [4.69, 9.17) is 4.74 Å². The number of hydrogen-bond donors (Lipinski definition) is 1. The summed E-state index contributed by atoms with van der Waals surface area (Å²) in [6.45, 7) is 14.8. The molecular weight excluding hydrogens is 260 g/mol. The second-order valence-corrected chi connectivity index (χ2v) is 6.67. The highest BCUT2D eigenvalue weighted by atomic mass is 16.5. The van der Waals surface area contributed by atoms with E-state index in [2.05, 4.69) is 61.0 Å². The van der Waals surface area contributed by atoms with Crippen molar-refractivity contribution in [1.82, 2.24) is 10.2 Å². The van der Waals surface area contributed by atoms with Crippen molar-refractivity contribution in [3.63, 3.8) is 0 Å². The van der Waals surface area contributed by atoms with E-state index in [1.165, 1.54) is 5.56 Å². The van der Waals surface area contributed by atoms with Crippen molar-refractivity contribution in [2.75, 3.05) is 32.8 Å². The molecule has 21 heavy (non-hydrogen) atoms. The van der Waals surface area contributed by atoms with Crippen molar-refractivity contribution in [2.45, 2.75) is 32.4 Å². The van der Waals surface area contributed by atoms with Crippen LogP contribution in [0, 0.1) is 0 Å². The van der Waals surface area contributed by atoms with Gasteiger partial charge in [-0.15, -0.1) is 0 Å². The summed E-state index contributed by atoms with van der Waals surface area (Å²) >= 11 is 0. The lowest BCUT2D eigenvalue weighted by Crippen LogP contribution is -2.58. The van der Waals surface area contributed by atoms with Gasteiger partial charge < -0.3 is 10.1 Å². The molecule has 0 radical (unpaired) electrons. The topological polar surface area (TPSA) is 24.5 Å². The summed E-state index contributed by atoms with van der Waals surface area (Å²) in [6.07, 6.45) is 0. The molecule has 0 spiro atoms. The monoisotopic (exact) mass is 288 g/mol. The van der Waals surface area contributed by atoms with Gasteiger partial charge in [-0.3, -0.25) is 4.90 Å². The minimum absolute atomic E-state index is 0.152. The standard InChI is InChI=1S/C18H28N2O/c1-15(2)13-21-11-10-20-14-18(3,4)19-12-17(20)16-8-6-5-7-9-16/h5-9,17,19H,1,10-14H2,2-4H3. The lowest BCUT2D eigenvalue weighted by atomic mass is 9.95. The lowest BCUT2D eigenvalue weighted by molar-refractivity contribution is 0.0549. The molecule has 3 heteroatoms. The van der Waals surface area contributed by atoms with Gasteiger partial charge in [0.1, 0.15) is 0 Å². The van der Waals surface area contributed by atoms with Crippen LogP contribution in [0.4, 0.5) is 0 Å². The van der Waals surface area contributed by atoms with Gasteiger partial charge in [0.25, 0.3) is 0 Å². The van der Waals surface area contributed by atoms with Crippen LogP contribution in [-0.4, -0.2) is 43.3 Å². The van der Waals surface area contributed by atoms with Gasteiger partial charge in [-0.05, 0) is 26.3 Å². The van der Waals surface area contributed by atoms with Crippen LogP contribution >= 0.6 is 0 Å². The zero-order valence-corrected chi connectivity index (χ0v) is 13.6. The third-order valence-corrected chi connectivity index (χ3v) is 3.87. The number of ether oxygens (including phenoxy) is 1. The number of rotatable bonds is 6. The Balaban J connectivity index is 1.99. The largest absolute Gasteiger partial charge is 0.376 e. The first kappa shape index (κ1) is 16.2. The Morgan fingerprint density at radius 1 is 1.38 bits per heavy atom. The predicted octanol–water partition coefficient (Wildman–Crippen LogP) is 3.00. The minimum atomic E-state index is 0.152. The molecule has 1 unspecified atom stereocenters. The Morgan fingerprint density at radius 2 is 2.10 bits per heavy atom. The molecule has 1 aliphatic rings. The van der Waals surface area contributed by atoms with Crippen LogP contribution in [0.5, 0.6) is 0 Å². The number of benzene rings is 1.